The Kier molecular flexibility index (Phi) is 71.2. The van der Waals surface area contributed by atoms with Gasteiger partial charge < -0.3 is 14.6 Å². The summed E-state index contributed by atoms with van der Waals surface area (Å²) in [4.78, 5) is 24.7. The van der Waals surface area contributed by atoms with E-state index in [0.29, 0.717) is 12.8 Å². The van der Waals surface area contributed by atoms with E-state index in [9.17, 15) is 14.7 Å². The van der Waals surface area contributed by atoms with Crippen LogP contribution in [0.25, 0.3) is 0 Å². The summed E-state index contributed by atoms with van der Waals surface area (Å²) in [6, 6.07) is 0. The molecule has 1 N–H and O–H groups in total. The lowest BCUT2D eigenvalue weighted by Crippen LogP contribution is -2.28. The fourth-order valence-corrected chi connectivity index (χ4v) is 11.3. The topological polar surface area (TPSA) is 72.8 Å². The van der Waals surface area contributed by atoms with Gasteiger partial charge in [-0.25, -0.2) is 0 Å². The number of esters is 2. The first kappa shape index (κ1) is 80.3. The molecule has 484 valence electrons. The largest absolute Gasteiger partial charge is 0.462 e. The minimum Gasteiger partial charge on any atom is -0.462 e. The molecule has 1 atom stereocenters. The lowest BCUT2D eigenvalue weighted by atomic mass is 10.0. The highest BCUT2D eigenvalue weighted by atomic mass is 16.6. The van der Waals surface area contributed by atoms with Crippen molar-refractivity contribution < 1.29 is 24.2 Å². The maximum absolute atomic E-state index is 12.4. The lowest BCUT2D eigenvalue weighted by molar-refractivity contribution is -0.161. The molecule has 0 aliphatic heterocycles. The molecule has 5 nitrogen and oxygen atoms in total. The van der Waals surface area contributed by atoms with Gasteiger partial charge in [-0.05, 0) is 64.2 Å². The van der Waals surface area contributed by atoms with Gasteiger partial charge in [-0.3, -0.25) is 9.59 Å². The summed E-state index contributed by atoms with van der Waals surface area (Å²) in [7, 11) is 0. The molecule has 0 aromatic rings. The molecule has 0 aliphatic carbocycles. The number of hydrogen-bond acceptors (Lipinski definition) is 5. The molecule has 0 aromatic carbocycles. The molecule has 0 fully saturated rings. The van der Waals surface area contributed by atoms with Crippen LogP contribution in [0.1, 0.15) is 393 Å². The Labute approximate surface area is 518 Å². The summed E-state index contributed by atoms with van der Waals surface area (Å²) in [5.41, 5.74) is 0. The van der Waals surface area contributed by atoms with Crippen LogP contribution in [-0.2, 0) is 19.1 Å². The van der Waals surface area contributed by atoms with Crippen LogP contribution in [0.5, 0.6) is 0 Å². The Hall–Kier alpha value is -2.66. The summed E-state index contributed by atoms with van der Waals surface area (Å²) >= 11 is 0. The molecule has 0 spiro atoms. The maximum Gasteiger partial charge on any atom is 0.306 e. The van der Waals surface area contributed by atoms with Gasteiger partial charge in [0.15, 0.2) is 6.10 Å². The highest BCUT2D eigenvalue weighted by Crippen LogP contribution is 2.19. The summed E-state index contributed by atoms with van der Waals surface area (Å²) < 4.78 is 10.8. The van der Waals surface area contributed by atoms with Crippen molar-refractivity contribution >= 4 is 11.9 Å². The number of hydrogen-bond donors (Lipinski definition) is 1. The predicted octanol–water partition coefficient (Wildman–Crippen LogP) is 25.8. The molecule has 0 heterocycles. The molecule has 0 radical (unpaired) electrons. The average molecular weight is 1160 g/mol. The number of aliphatic hydroxyl groups excluding tert-OH is 1. The van der Waals surface area contributed by atoms with Crippen molar-refractivity contribution in [3.05, 3.63) is 72.9 Å². The van der Waals surface area contributed by atoms with Gasteiger partial charge in [0.25, 0.3) is 0 Å². The van der Waals surface area contributed by atoms with Crippen LogP contribution in [0, 0.1) is 0 Å². The van der Waals surface area contributed by atoms with Crippen molar-refractivity contribution in [3.8, 4) is 0 Å². The smallest absolute Gasteiger partial charge is 0.306 e. The second-order valence-electron chi connectivity index (χ2n) is 25.0. The first-order chi connectivity index (χ1) is 41.1. The normalized spacial score (nSPS) is 12.6. The average Bonchev–Trinajstić information content (AvgIpc) is 3.49. The van der Waals surface area contributed by atoms with E-state index in [1.165, 1.54) is 289 Å². The molecule has 0 aromatic heterocycles. The van der Waals surface area contributed by atoms with Crippen molar-refractivity contribution in [2.75, 3.05) is 13.2 Å². The molecule has 0 bridgehead atoms. The highest BCUT2D eigenvalue weighted by molar-refractivity contribution is 5.70. The number of ether oxygens (including phenoxy) is 2. The fourth-order valence-electron chi connectivity index (χ4n) is 11.3. The zero-order valence-electron chi connectivity index (χ0n) is 55.7. The molecule has 83 heavy (non-hydrogen) atoms. The van der Waals surface area contributed by atoms with Crippen molar-refractivity contribution in [1.82, 2.24) is 0 Å². The van der Waals surface area contributed by atoms with E-state index in [-0.39, 0.29) is 25.2 Å². The van der Waals surface area contributed by atoms with Crippen LogP contribution in [0.4, 0.5) is 0 Å². The third-order valence-corrected chi connectivity index (χ3v) is 16.8. The van der Waals surface area contributed by atoms with Crippen molar-refractivity contribution in [2.45, 2.75) is 399 Å². The SMILES string of the molecule is CC/C=C\C/C=C\C/C=C\C/C=C\C/C=C\C/C=C\CCCCCCCCCCCCC(=O)OC(CO)COC(=O)CCCCCCCCCCCCCCCCCCCCCCCCCCCCCCCCCCCCCCCCCC. The second kappa shape index (κ2) is 73.6. The first-order valence-electron chi connectivity index (χ1n) is 37.0. The molecule has 0 saturated heterocycles. The minimum absolute atomic E-state index is 0.0661. The van der Waals surface area contributed by atoms with Crippen LogP contribution in [0.3, 0.4) is 0 Å². The predicted molar refractivity (Wildman–Crippen MR) is 367 cm³/mol. The van der Waals surface area contributed by atoms with E-state index in [1.807, 2.05) is 0 Å². The Morgan fingerprint density at radius 1 is 0.289 bits per heavy atom. The zero-order chi connectivity index (χ0) is 59.8. The Morgan fingerprint density at radius 3 is 0.783 bits per heavy atom. The van der Waals surface area contributed by atoms with E-state index in [0.717, 1.165) is 77.0 Å². The molecule has 0 saturated carbocycles. The number of carbonyl (C=O) groups is 2. The van der Waals surface area contributed by atoms with Gasteiger partial charge in [0, 0.05) is 12.8 Å². The molecule has 0 rings (SSSR count). The van der Waals surface area contributed by atoms with Gasteiger partial charge in [-0.1, -0.05) is 389 Å². The van der Waals surface area contributed by atoms with Crippen LogP contribution in [0.15, 0.2) is 72.9 Å². The number of carbonyl (C=O) groups excluding carboxylic acids is 2. The Morgan fingerprint density at radius 2 is 0.518 bits per heavy atom. The number of unbranched alkanes of at least 4 members (excludes halogenated alkanes) is 49. The number of aliphatic hydroxyl groups is 1. The zero-order valence-corrected chi connectivity index (χ0v) is 55.7. The summed E-state index contributed by atoms with van der Waals surface area (Å²) in [6.45, 7) is 4.07. The van der Waals surface area contributed by atoms with Gasteiger partial charge in [0.05, 0.1) is 6.61 Å². The monoisotopic (exact) mass is 1160 g/mol. The van der Waals surface area contributed by atoms with Gasteiger partial charge in [0.2, 0.25) is 0 Å². The summed E-state index contributed by atoms with van der Waals surface area (Å²) in [6.07, 6.45) is 103. The van der Waals surface area contributed by atoms with Crippen LogP contribution < -0.4 is 0 Å². The van der Waals surface area contributed by atoms with E-state index in [4.69, 9.17) is 9.47 Å². The van der Waals surface area contributed by atoms with Crippen LogP contribution in [0.2, 0.25) is 0 Å². The second-order valence-corrected chi connectivity index (χ2v) is 25.0. The van der Waals surface area contributed by atoms with E-state index in [2.05, 4.69) is 86.8 Å². The van der Waals surface area contributed by atoms with E-state index < -0.39 is 6.10 Å². The van der Waals surface area contributed by atoms with Crippen LogP contribution in [-0.4, -0.2) is 36.4 Å². The molecule has 0 amide bonds. The Balaban J connectivity index is 3.40. The maximum atomic E-state index is 12.4. The lowest BCUT2D eigenvalue weighted by Gasteiger charge is -2.15. The van der Waals surface area contributed by atoms with E-state index in [1.54, 1.807) is 0 Å². The molecule has 0 aliphatic rings. The number of allylic oxidation sites excluding steroid dienone is 12. The summed E-state index contributed by atoms with van der Waals surface area (Å²) in [5.74, 6) is -0.580. The molecule has 5 heteroatoms. The third-order valence-electron chi connectivity index (χ3n) is 16.8. The molecule has 1 unspecified atom stereocenters. The quantitative estimate of drug-likeness (QED) is 0.0373. The highest BCUT2D eigenvalue weighted by Gasteiger charge is 2.16. The van der Waals surface area contributed by atoms with Gasteiger partial charge in [-0.15, -0.1) is 0 Å². The number of rotatable bonds is 69. The van der Waals surface area contributed by atoms with Gasteiger partial charge in [0.1, 0.15) is 6.61 Å². The minimum atomic E-state index is -0.778. The standard InChI is InChI=1S/C78H142O5/c1-3-5-7-9-11-13-15-17-19-21-23-25-27-29-31-33-34-35-36-37-38-39-40-41-42-43-45-46-48-50-52-54-56-58-60-62-64-66-68-70-72-77(80)82-75-76(74-79)83-78(81)73-71-69-67-65-63-61-59-57-55-53-51-49-47-44-32-30-28-26-24-22-20-18-16-14-12-10-8-6-4-2/h6,8,12,14,18,20,24,26,30,32,47,49,76,79H,3-5,7,9-11,13,15-17,19,21-23,25,27-29,31,33-46,48,50-75H2,1-2H3/b8-6-,14-12-,20-18-,26-24-,32-30-,49-47-. The first-order valence-corrected chi connectivity index (χ1v) is 37.0. The van der Waals surface area contributed by atoms with Gasteiger partial charge >= 0.3 is 11.9 Å². The third kappa shape index (κ3) is 71.7. The van der Waals surface area contributed by atoms with Crippen molar-refractivity contribution in [1.29, 1.82) is 0 Å². The Bertz CT molecular complexity index is 1450. The molecular formula is C78H142O5. The summed E-state index contributed by atoms with van der Waals surface area (Å²) in [5, 5.41) is 9.71. The van der Waals surface area contributed by atoms with Gasteiger partial charge in [-0.2, -0.15) is 0 Å². The van der Waals surface area contributed by atoms with Crippen LogP contribution >= 0.6 is 0 Å². The molecular weight excluding hydrogens is 1020 g/mol. The van der Waals surface area contributed by atoms with Crippen molar-refractivity contribution in [2.24, 2.45) is 0 Å². The fraction of sp³-hybridized carbons (Fsp3) is 0.821. The van der Waals surface area contributed by atoms with Crippen molar-refractivity contribution in [3.63, 3.8) is 0 Å². The van der Waals surface area contributed by atoms with E-state index >= 15 is 0 Å².